The van der Waals surface area contributed by atoms with Gasteiger partial charge in [-0.2, -0.15) is 5.10 Å². The molecule has 0 aliphatic heterocycles. The molecule has 0 radical (unpaired) electrons. The quantitative estimate of drug-likeness (QED) is 0.660. The lowest BCUT2D eigenvalue weighted by Gasteiger charge is -2.00. The van der Waals surface area contributed by atoms with E-state index in [0.29, 0.717) is 16.0 Å². The van der Waals surface area contributed by atoms with Crippen LogP contribution in [-0.4, -0.2) is 12.1 Å². The van der Waals surface area contributed by atoms with Gasteiger partial charge in [0.15, 0.2) is 0 Å². The first-order chi connectivity index (χ1) is 10.6. The lowest BCUT2D eigenvalue weighted by atomic mass is 10.1. The van der Waals surface area contributed by atoms with Gasteiger partial charge in [-0.1, -0.05) is 59.6 Å². The SMILES string of the molecule is O=C(NN=Cc1ccc(Cl)c(Cl)c1)C1CC1c1ccccc1. The Bertz CT molecular complexity index is 716. The molecule has 2 unspecified atom stereocenters. The summed E-state index contributed by atoms with van der Waals surface area (Å²) in [6, 6.07) is 15.2. The van der Waals surface area contributed by atoms with Crippen LogP contribution >= 0.6 is 23.2 Å². The van der Waals surface area contributed by atoms with Gasteiger partial charge >= 0.3 is 0 Å². The summed E-state index contributed by atoms with van der Waals surface area (Å²) in [6.45, 7) is 0. The van der Waals surface area contributed by atoms with Crippen molar-refractivity contribution in [1.82, 2.24) is 5.43 Å². The van der Waals surface area contributed by atoms with Crippen LogP contribution in [0.4, 0.5) is 0 Å². The normalized spacial score (nSPS) is 20.1. The predicted molar refractivity (Wildman–Crippen MR) is 89.5 cm³/mol. The Morgan fingerprint density at radius 2 is 1.91 bits per heavy atom. The Morgan fingerprint density at radius 1 is 1.14 bits per heavy atom. The van der Waals surface area contributed by atoms with Gasteiger partial charge in [0.25, 0.3) is 0 Å². The zero-order chi connectivity index (χ0) is 15.5. The Balaban J connectivity index is 1.55. The van der Waals surface area contributed by atoms with Crippen LogP contribution in [-0.2, 0) is 4.79 Å². The molecule has 1 aliphatic carbocycles. The molecule has 2 atom stereocenters. The molecular weight excluding hydrogens is 319 g/mol. The molecule has 1 fully saturated rings. The number of rotatable bonds is 4. The Labute approximate surface area is 138 Å². The molecule has 112 valence electrons. The highest BCUT2D eigenvalue weighted by atomic mass is 35.5. The fraction of sp³-hybridized carbons (Fsp3) is 0.176. The van der Waals surface area contributed by atoms with E-state index >= 15 is 0 Å². The zero-order valence-corrected chi connectivity index (χ0v) is 13.2. The summed E-state index contributed by atoms with van der Waals surface area (Å²) < 4.78 is 0. The van der Waals surface area contributed by atoms with Gasteiger partial charge in [0.2, 0.25) is 5.91 Å². The van der Waals surface area contributed by atoms with E-state index in [1.54, 1.807) is 24.4 Å². The topological polar surface area (TPSA) is 41.5 Å². The summed E-state index contributed by atoms with van der Waals surface area (Å²) in [5, 5.41) is 4.93. The van der Waals surface area contributed by atoms with Crippen LogP contribution in [0, 0.1) is 5.92 Å². The van der Waals surface area contributed by atoms with E-state index < -0.39 is 0 Å². The number of nitrogens with one attached hydrogen (secondary N) is 1. The van der Waals surface area contributed by atoms with Crippen molar-refractivity contribution >= 4 is 35.3 Å². The number of hydrogen-bond donors (Lipinski definition) is 1. The summed E-state index contributed by atoms with van der Waals surface area (Å²) in [4.78, 5) is 12.0. The van der Waals surface area contributed by atoms with E-state index in [-0.39, 0.29) is 11.8 Å². The molecule has 0 aromatic heterocycles. The Kier molecular flexibility index (Phi) is 4.46. The van der Waals surface area contributed by atoms with Crippen molar-refractivity contribution in [1.29, 1.82) is 0 Å². The van der Waals surface area contributed by atoms with Crippen LogP contribution in [0.2, 0.25) is 10.0 Å². The third-order valence-electron chi connectivity index (χ3n) is 3.69. The van der Waals surface area contributed by atoms with Crippen molar-refractivity contribution in [3.8, 4) is 0 Å². The highest BCUT2D eigenvalue weighted by molar-refractivity contribution is 6.42. The molecule has 0 spiro atoms. The Morgan fingerprint density at radius 3 is 2.64 bits per heavy atom. The number of carbonyl (C=O) groups excluding carboxylic acids is 1. The van der Waals surface area contributed by atoms with Gasteiger partial charge in [-0.05, 0) is 35.6 Å². The van der Waals surface area contributed by atoms with E-state index in [4.69, 9.17) is 23.2 Å². The highest BCUT2D eigenvalue weighted by Gasteiger charge is 2.43. The fourth-order valence-electron chi connectivity index (χ4n) is 2.40. The number of amides is 1. The third kappa shape index (κ3) is 3.49. The minimum absolute atomic E-state index is 0.00774. The molecule has 1 saturated carbocycles. The van der Waals surface area contributed by atoms with E-state index in [1.807, 2.05) is 18.2 Å². The van der Waals surface area contributed by atoms with Gasteiger partial charge in [-0.3, -0.25) is 4.79 Å². The van der Waals surface area contributed by atoms with Crippen LogP contribution < -0.4 is 5.43 Å². The lowest BCUT2D eigenvalue weighted by molar-refractivity contribution is -0.122. The third-order valence-corrected chi connectivity index (χ3v) is 4.43. The van der Waals surface area contributed by atoms with Gasteiger partial charge in [0.05, 0.1) is 16.3 Å². The smallest absolute Gasteiger partial charge is 0.243 e. The fourth-order valence-corrected chi connectivity index (χ4v) is 2.71. The summed E-state index contributed by atoms with van der Waals surface area (Å²) in [6.07, 6.45) is 2.43. The number of hydrogen-bond acceptors (Lipinski definition) is 2. The highest BCUT2D eigenvalue weighted by Crippen LogP contribution is 2.47. The molecule has 0 saturated heterocycles. The molecule has 1 aliphatic rings. The van der Waals surface area contributed by atoms with E-state index in [9.17, 15) is 4.79 Å². The molecule has 1 amide bonds. The number of nitrogens with zero attached hydrogens (tertiary/aromatic N) is 1. The van der Waals surface area contributed by atoms with E-state index in [2.05, 4.69) is 22.7 Å². The van der Waals surface area contributed by atoms with E-state index in [0.717, 1.165) is 12.0 Å². The van der Waals surface area contributed by atoms with Crippen molar-refractivity contribution in [3.05, 3.63) is 69.7 Å². The molecule has 0 heterocycles. The van der Waals surface area contributed by atoms with Crippen LogP contribution in [0.1, 0.15) is 23.5 Å². The van der Waals surface area contributed by atoms with Gasteiger partial charge in [-0.15, -0.1) is 0 Å². The predicted octanol–water partition coefficient (Wildman–Crippen LogP) is 4.25. The molecule has 2 aromatic rings. The number of hydrazone groups is 1. The molecule has 5 heteroatoms. The van der Waals surface area contributed by atoms with Gasteiger partial charge in [0.1, 0.15) is 0 Å². The van der Waals surface area contributed by atoms with Crippen molar-refractivity contribution < 1.29 is 4.79 Å². The first kappa shape index (κ1) is 15.1. The lowest BCUT2D eigenvalue weighted by Crippen LogP contribution is -2.20. The molecule has 22 heavy (non-hydrogen) atoms. The maximum atomic E-state index is 12.0. The average molecular weight is 333 g/mol. The maximum Gasteiger partial charge on any atom is 0.243 e. The van der Waals surface area contributed by atoms with Crippen LogP contribution in [0.5, 0.6) is 0 Å². The molecule has 1 N–H and O–H groups in total. The van der Waals surface area contributed by atoms with Crippen molar-refractivity contribution in [3.63, 3.8) is 0 Å². The summed E-state index contributed by atoms with van der Waals surface area (Å²) in [5.41, 5.74) is 4.57. The molecule has 3 nitrogen and oxygen atoms in total. The van der Waals surface area contributed by atoms with Crippen molar-refractivity contribution in [2.24, 2.45) is 11.0 Å². The van der Waals surface area contributed by atoms with Gasteiger partial charge < -0.3 is 0 Å². The minimum Gasteiger partial charge on any atom is -0.273 e. The number of halogens is 2. The second-order valence-electron chi connectivity index (χ2n) is 5.27. The molecular formula is C17H14Cl2N2O. The molecule has 3 rings (SSSR count). The average Bonchev–Trinajstić information content (AvgIpc) is 3.32. The van der Waals surface area contributed by atoms with Crippen LogP contribution in [0.15, 0.2) is 53.6 Å². The second kappa shape index (κ2) is 6.51. The maximum absolute atomic E-state index is 12.0. The van der Waals surface area contributed by atoms with Crippen LogP contribution in [0.3, 0.4) is 0 Å². The Hall–Kier alpha value is -1.84. The van der Waals surface area contributed by atoms with Gasteiger partial charge in [0, 0.05) is 5.92 Å². The summed E-state index contributed by atoms with van der Waals surface area (Å²) in [5.74, 6) is 0.264. The van der Waals surface area contributed by atoms with E-state index in [1.165, 1.54) is 5.56 Å². The molecule has 2 aromatic carbocycles. The minimum atomic E-state index is -0.0508. The largest absolute Gasteiger partial charge is 0.273 e. The van der Waals surface area contributed by atoms with Crippen molar-refractivity contribution in [2.75, 3.05) is 0 Å². The number of carbonyl (C=O) groups is 1. The monoisotopic (exact) mass is 332 g/mol. The van der Waals surface area contributed by atoms with Gasteiger partial charge in [-0.25, -0.2) is 5.43 Å². The zero-order valence-electron chi connectivity index (χ0n) is 11.7. The summed E-state index contributed by atoms with van der Waals surface area (Å²) in [7, 11) is 0. The first-order valence-electron chi connectivity index (χ1n) is 6.98. The van der Waals surface area contributed by atoms with Crippen molar-refractivity contribution in [2.45, 2.75) is 12.3 Å². The first-order valence-corrected chi connectivity index (χ1v) is 7.73. The number of benzene rings is 2. The standard InChI is InChI=1S/C17H14Cl2N2O/c18-15-7-6-11(8-16(15)19)10-20-21-17(22)14-9-13(14)12-4-2-1-3-5-12/h1-8,10,13-14H,9H2,(H,21,22). The summed E-state index contributed by atoms with van der Waals surface area (Å²) >= 11 is 11.8. The van der Waals surface area contributed by atoms with Crippen LogP contribution in [0.25, 0.3) is 0 Å². The second-order valence-corrected chi connectivity index (χ2v) is 6.08. The molecule has 0 bridgehead atoms.